The van der Waals surface area contributed by atoms with E-state index in [2.05, 4.69) is 5.32 Å². The fraction of sp³-hybridized carbons (Fsp3) is 0.588. The highest BCUT2D eigenvalue weighted by Crippen LogP contribution is 2.36. The van der Waals surface area contributed by atoms with Crippen molar-refractivity contribution in [2.24, 2.45) is 0 Å². The first-order valence-electron chi connectivity index (χ1n) is 8.23. The van der Waals surface area contributed by atoms with Crippen molar-refractivity contribution in [2.45, 2.75) is 51.4 Å². The zero-order chi connectivity index (χ0) is 17.5. The van der Waals surface area contributed by atoms with E-state index in [0.717, 1.165) is 6.42 Å². The molecule has 1 atom stereocenters. The lowest BCUT2D eigenvalue weighted by atomic mass is 9.78. The zero-order valence-electron chi connectivity index (χ0n) is 14.5. The third-order valence-electron chi connectivity index (χ3n) is 5.03. The van der Waals surface area contributed by atoms with Gasteiger partial charge in [-0.25, -0.2) is 4.39 Å². The standard InChI is InChI=1S/C17H23BFNO4/c1-16(2)17(3,4)24-18(23-16)11-5-6-13(14(19)9-11)15(21)20-12-7-8-22-10-12/h5-6,9,12H,7-8,10H2,1-4H3,(H,20,21). The van der Waals surface area contributed by atoms with Crippen LogP contribution in [0.4, 0.5) is 4.39 Å². The van der Waals surface area contributed by atoms with Gasteiger partial charge >= 0.3 is 7.12 Å². The molecule has 1 aromatic carbocycles. The molecule has 0 saturated carbocycles. The molecule has 0 radical (unpaired) electrons. The van der Waals surface area contributed by atoms with Gasteiger partial charge in [-0.3, -0.25) is 4.79 Å². The van der Waals surface area contributed by atoms with Gasteiger partial charge < -0.3 is 19.4 Å². The normalized spacial score (nSPS) is 25.0. The molecule has 2 aliphatic heterocycles. The van der Waals surface area contributed by atoms with Crippen LogP contribution in [0.15, 0.2) is 18.2 Å². The quantitative estimate of drug-likeness (QED) is 0.854. The van der Waals surface area contributed by atoms with E-state index in [4.69, 9.17) is 14.0 Å². The van der Waals surface area contributed by atoms with Crippen LogP contribution in [0.5, 0.6) is 0 Å². The zero-order valence-corrected chi connectivity index (χ0v) is 14.5. The fourth-order valence-electron chi connectivity index (χ4n) is 2.75. The average molecular weight is 335 g/mol. The van der Waals surface area contributed by atoms with Gasteiger partial charge in [0.15, 0.2) is 0 Å². The summed E-state index contributed by atoms with van der Waals surface area (Å²) in [5, 5.41) is 2.78. The molecule has 7 heteroatoms. The number of rotatable bonds is 3. The van der Waals surface area contributed by atoms with E-state index in [1.165, 1.54) is 12.1 Å². The smallest absolute Gasteiger partial charge is 0.399 e. The van der Waals surface area contributed by atoms with E-state index in [0.29, 0.717) is 18.7 Å². The van der Waals surface area contributed by atoms with Crippen LogP contribution >= 0.6 is 0 Å². The van der Waals surface area contributed by atoms with Gasteiger partial charge in [0.25, 0.3) is 5.91 Å². The molecule has 2 heterocycles. The van der Waals surface area contributed by atoms with Crippen LogP contribution in [-0.2, 0) is 14.0 Å². The minimum absolute atomic E-state index is 0.0159. The molecule has 1 aromatic rings. The second-order valence-electron chi connectivity index (χ2n) is 7.36. The molecule has 2 aliphatic rings. The summed E-state index contributed by atoms with van der Waals surface area (Å²) in [4.78, 5) is 12.2. The summed E-state index contributed by atoms with van der Waals surface area (Å²) >= 11 is 0. The lowest BCUT2D eigenvalue weighted by Gasteiger charge is -2.32. The number of benzene rings is 1. The van der Waals surface area contributed by atoms with E-state index < -0.39 is 30.0 Å². The summed E-state index contributed by atoms with van der Waals surface area (Å²) in [6, 6.07) is 4.40. The number of hydrogen-bond acceptors (Lipinski definition) is 4. The molecular formula is C17H23BFNO4. The first-order chi connectivity index (χ1) is 11.2. The minimum atomic E-state index is -0.648. The highest BCUT2D eigenvalue weighted by molar-refractivity contribution is 6.62. The Labute approximate surface area is 142 Å². The molecule has 3 rings (SSSR count). The van der Waals surface area contributed by atoms with E-state index >= 15 is 0 Å². The maximum Gasteiger partial charge on any atom is 0.494 e. The number of halogens is 1. The Bertz CT molecular complexity index is 627. The van der Waals surface area contributed by atoms with Crippen LogP contribution in [0.3, 0.4) is 0 Å². The Morgan fingerprint density at radius 1 is 1.25 bits per heavy atom. The molecule has 130 valence electrons. The Kier molecular flexibility index (Phi) is 4.44. The average Bonchev–Trinajstić information content (AvgIpc) is 3.05. The van der Waals surface area contributed by atoms with Crippen LogP contribution in [-0.4, -0.2) is 43.5 Å². The summed E-state index contributed by atoms with van der Waals surface area (Å²) in [6.45, 7) is 8.85. The molecule has 5 nitrogen and oxygen atoms in total. The number of hydrogen-bond donors (Lipinski definition) is 1. The van der Waals surface area contributed by atoms with Crippen LogP contribution in [0.2, 0.25) is 0 Å². The minimum Gasteiger partial charge on any atom is -0.399 e. The fourth-order valence-corrected chi connectivity index (χ4v) is 2.75. The summed E-state index contributed by atoms with van der Waals surface area (Å²) in [5.41, 5.74) is -0.409. The van der Waals surface area contributed by atoms with Gasteiger partial charge in [-0.15, -0.1) is 0 Å². The van der Waals surface area contributed by atoms with E-state index in [-0.39, 0.29) is 11.6 Å². The Balaban J connectivity index is 1.74. The van der Waals surface area contributed by atoms with Crippen molar-refractivity contribution in [1.82, 2.24) is 5.32 Å². The molecule has 1 amide bonds. The largest absolute Gasteiger partial charge is 0.494 e. The summed E-state index contributed by atoms with van der Waals surface area (Å²) in [6.07, 6.45) is 0.749. The van der Waals surface area contributed by atoms with Gasteiger partial charge in [0, 0.05) is 6.61 Å². The van der Waals surface area contributed by atoms with Crippen molar-refractivity contribution in [3.63, 3.8) is 0 Å². The second kappa shape index (κ2) is 6.13. The van der Waals surface area contributed by atoms with Crippen molar-refractivity contribution in [1.29, 1.82) is 0 Å². The maximum atomic E-state index is 14.4. The van der Waals surface area contributed by atoms with Gasteiger partial charge in [0.05, 0.1) is 29.4 Å². The molecule has 1 unspecified atom stereocenters. The first kappa shape index (κ1) is 17.4. The Hall–Kier alpha value is -1.44. The monoisotopic (exact) mass is 335 g/mol. The van der Waals surface area contributed by atoms with Crippen molar-refractivity contribution in [3.05, 3.63) is 29.6 Å². The van der Waals surface area contributed by atoms with E-state index in [1.54, 1.807) is 6.07 Å². The number of ether oxygens (including phenoxy) is 1. The van der Waals surface area contributed by atoms with E-state index in [1.807, 2.05) is 27.7 Å². The van der Waals surface area contributed by atoms with Crippen molar-refractivity contribution in [2.75, 3.05) is 13.2 Å². The summed E-state index contributed by atoms with van der Waals surface area (Å²) in [7, 11) is -0.648. The number of nitrogens with one attached hydrogen (secondary N) is 1. The van der Waals surface area contributed by atoms with Gasteiger partial charge in [-0.05, 0) is 51.7 Å². The molecule has 2 saturated heterocycles. The summed E-state index contributed by atoms with van der Waals surface area (Å²) < 4.78 is 31.4. The predicted octanol–water partition coefficient (Wildman–Crippen LogP) is 1.64. The van der Waals surface area contributed by atoms with Crippen molar-refractivity contribution < 1.29 is 23.2 Å². The predicted molar refractivity (Wildman–Crippen MR) is 88.8 cm³/mol. The van der Waals surface area contributed by atoms with Gasteiger partial charge in [-0.1, -0.05) is 6.07 Å². The van der Waals surface area contributed by atoms with Gasteiger partial charge in [-0.2, -0.15) is 0 Å². The van der Waals surface area contributed by atoms with E-state index in [9.17, 15) is 9.18 Å². The van der Waals surface area contributed by atoms with Gasteiger partial charge in [0.2, 0.25) is 0 Å². The number of carbonyl (C=O) groups excluding carboxylic acids is 1. The molecule has 0 aliphatic carbocycles. The lowest BCUT2D eigenvalue weighted by Crippen LogP contribution is -2.41. The highest BCUT2D eigenvalue weighted by Gasteiger charge is 2.51. The Morgan fingerprint density at radius 3 is 2.46 bits per heavy atom. The maximum absolute atomic E-state index is 14.4. The molecule has 0 aromatic heterocycles. The summed E-state index contributed by atoms with van der Waals surface area (Å²) in [5.74, 6) is -1.01. The van der Waals surface area contributed by atoms with Crippen LogP contribution < -0.4 is 10.8 Å². The SMILES string of the molecule is CC1(C)OB(c2ccc(C(=O)NC3CCOC3)c(F)c2)OC1(C)C. The van der Waals surface area contributed by atoms with Crippen LogP contribution in [0.25, 0.3) is 0 Å². The number of carbonyl (C=O) groups is 1. The molecule has 0 bridgehead atoms. The molecular weight excluding hydrogens is 312 g/mol. The topological polar surface area (TPSA) is 56.8 Å². The molecule has 2 fully saturated rings. The first-order valence-corrected chi connectivity index (χ1v) is 8.23. The van der Waals surface area contributed by atoms with Crippen molar-refractivity contribution in [3.8, 4) is 0 Å². The van der Waals surface area contributed by atoms with Gasteiger partial charge in [0.1, 0.15) is 5.82 Å². The van der Waals surface area contributed by atoms with Crippen LogP contribution in [0.1, 0.15) is 44.5 Å². The lowest BCUT2D eigenvalue weighted by molar-refractivity contribution is 0.00578. The highest BCUT2D eigenvalue weighted by atomic mass is 19.1. The number of amides is 1. The second-order valence-corrected chi connectivity index (χ2v) is 7.36. The van der Waals surface area contributed by atoms with Crippen molar-refractivity contribution >= 4 is 18.5 Å². The molecule has 24 heavy (non-hydrogen) atoms. The molecule has 0 spiro atoms. The molecule has 1 N–H and O–H groups in total. The van der Waals surface area contributed by atoms with Crippen LogP contribution in [0, 0.1) is 5.82 Å². The Morgan fingerprint density at radius 2 is 1.92 bits per heavy atom. The third-order valence-corrected chi connectivity index (χ3v) is 5.03. The third kappa shape index (κ3) is 3.20.